The summed E-state index contributed by atoms with van der Waals surface area (Å²) < 4.78 is 4.55. The third kappa shape index (κ3) is 5.61. The van der Waals surface area contributed by atoms with Gasteiger partial charge in [0, 0.05) is 12.2 Å². The molecule has 6 heteroatoms. The van der Waals surface area contributed by atoms with Gasteiger partial charge in [-0.15, -0.1) is 12.4 Å². The summed E-state index contributed by atoms with van der Waals surface area (Å²) in [6.45, 7) is 2.29. The molecule has 0 unspecified atom stereocenters. The van der Waals surface area contributed by atoms with E-state index in [1.807, 2.05) is 6.92 Å². The van der Waals surface area contributed by atoms with E-state index in [1.54, 1.807) is 24.3 Å². The number of benzene rings is 1. The van der Waals surface area contributed by atoms with Crippen molar-refractivity contribution in [2.45, 2.75) is 13.3 Å². The number of esters is 1. The number of anilines is 1. The summed E-state index contributed by atoms with van der Waals surface area (Å²) in [7, 11) is 1.31. The Morgan fingerprint density at radius 2 is 1.84 bits per heavy atom. The van der Waals surface area contributed by atoms with Crippen LogP contribution in [0.2, 0.25) is 0 Å². The Morgan fingerprint density at radius 1 is 1.26 bits per heavy atom. The Hall–Kier alpha value is -1.75. The predicted molar refractivity (Wildman–Crippen MR) is 76.1 cm³/mol. The van der Waals surface area contributed by atoms with Crippen LogP contribution in [0, 0.1) is 0 Å². The molecular formula is C13H19ClN2O3. The quantitative estimate of drug-likeness (QED) is 0.653. The summed E-state index contributed by atoms with van der Waals surface area (Å²) >= 11 is 0. The molecule has 0 aliphatic carbocycles. The van der Waals surface area contributed by atoms with Crippen molar-refractivity contribution >= 4 is 30.0 Å². The van der Waals surface area contributed by atoms with Gasteiger partial charge in [-0.1, -0.05) is 12.1 Å². The second-order valence-corrected chi connectivity index (χ2v) is 3.90. The number of carbonyl (C=O) groups excluding carboxylic acids is 2. The zero-order chi connectivity index (χ0) is 13.5. The lowest BCUT2D eigenvalue weighted by atomic mass is 10.1. The van der Waals surface area contributed by atoms with Crippen molar-refractivity contribution in [3.05, 3.63) is 29.8 Å². The zero-order valence-corrected chi connectivity index (χ0v) is 11.9. The van der Waals surface area contributed by atoms with Crippen LogP contribution in [0.1, 0.15) is 12.5 Å². The number of hydrogen-bond donors (Lipinski definition) is 1. The first-order valence-corrected chi connectivity index (χ1v) is 5.75. The monoisotopic (exact) mass is 286 g/mol. The van der Waals surface area contributed by atoms with Gasteiger partial charge in [0.1, 0.15) is 6.54 Å². The molecule has 1 aromatic carbocycles. The molecule has 0 aliphatic heterocycles. The lowest BCUT2D eigenvalue weighted by molar-refractivity contribution is -0.146. The molecule has 1 amide bonds. The second kappa shape index (κ2) is 8.37. The van der Waals surface area contributed by atoms with Gasteiger partial charge in [0.25, 0.3) is 0 Å². The van der Waals surface area contributed by atoms with E-state index in [-0.39, 0.29) is 31.3 Å². The standard InChI is InChI=1S/C13H18N2O3.ClH/c1-3-15(9-13(17)18-2)12(16)8-10-4-6-11(14)7-5-10;/h4-7H,3,8-9,14H2,1-2H3;1H. The highest BCUT2D eigenvalue weighted by Gasteiger charge is 2.15. The van der Waals surface area contributed by atoms with E-state index >= 15 is 0 Å². The minimum Gasteiger partial charge on any atom is -0.468 e. The lowest BCUT2D eigenvalue weighted by Crippen LogP contribution is -2.36. The predicted octanol–water partition coefficient (Wildman–Crippen LogP) is 1.25. The van der Waals surface area contributed by atoms with Crippen LogP contribution in [0.15, 0.2) is 24.3 Å². The summed E-state index contributed by atoms with van der Waals surface area (Å²) in [5, 5.41) is 0. The third-order valence-electron chi connectivity index (χ3n) is 2.62. The van der Waals surface area contributed by atoms with E-state index in [4.69, 9.17) is 5.73 Å². The first-order chi connectivity index (χ1) is 8.56. The van der Waals surface area contributed by atoms with Gasteiger partial charge >= 0.3 is 5.97 Å². The highest BCUT2D eigenvalue weighted by molar-refractivity contribution is 5.85. The van der Waals surface area contributed by atoms with Crippen LogP contribution in [-0.2, 0) is 20.7 Å². The summed E-state index contributed by atoms with van der Waals surface area (Å²) in [6, 6.07) is 7.11. The molecule has 0 aliphatic rings. The van der Waals surface area contributed by atoms with Crippen molar-refractivity contribution in [1.82, 2.24) is 4.90 Å². The smallest absolute Gasteiger partial charge is 0.325 e. The van der Waals surface area contributed by atoms with E-state index < -0.39 is 5.97 Å². The highest BCUT2D eigenvalue weighted by Crippen LogP contribution is 2.07. The van der Waals surface area contributed by atoms with Gasteiger partial charge in [0.05, 0.1) is 13.5 Å². The molecule has 0 aromatic heterocycles. The number of ether oxygens (including phenoxy) is 1. The molecule has 0 atom stereocenters. The van der Waals surface area contributed by atoms with Gasteiger partial charge in [0.15, 0.2) is 0 Å². The minimum atomic E-state index is -0.414. The fourth-order valence-corrected chi connectivity index (χ4v) is 1.52. The van der Waals surface area contributed by atoms with Crippen LogP contribution >= 0.6 is 12.4 Å². The maximum atomic E-state index is 12.0. The van der Waals surface area contributed by atoms with Crippen LogP contribution in [0.4, 0.5) is 5.69 Å². The largest absolute Gasteiger partial charge is 0.468 e. The molecule has 0 saturated carbocycles. The fourth-order valence-electron chi connectivity index (χ4n) is 1.52. The zero-order valence-electron chi connectivity index (χ0n) is 11.1. The van der Waals surface area contributed by atoms with Crippen LogP contribution in [0.25, 0.3) is 0 Å². The van der Waals surface area contributed by atoms with Gasteiger partial charge in [-0.25, -0.2) is 0 Å². The first kappa shape index (κ1) is 17.2. The molecule has 1 rings (SSSR count). The fraction of sp³-hybridized carbons (Fsp3) is 0.385. The molecule has 0 fully saturated rings. The van der Waals surface area contributed by atoms with Crippen LogP contribution in [0.3, 0.4) is 0 Å². The van der Waals surface area contributed by atoms with E-state index in [0.717, 1.165) is 5.56 Å². The Kier molecular flexibility index (Phi) is 7.60. The number of carbonyl (C=O) groups is 2. The van der Waals surface area contributed by atoms with Crippen LogP contribution in [0.5, 0.6) is 0 Å². The SMILES string of the molecule is CCN(CC(=O)OC)C(=O)Cc1ccc(N)cc1.Cl. The average molecular weight is 287 g/mol. The molecule has 0 bridgehead atoms. The molecule has 0 radical (unpaired) electrons. The molecule has 0 heterocycles. The van der Waals surface area contributed by atoms with Crippen molar-refractivity contribution in [3.8, 4) is 0 Å². The normalized spacial score (nSPS) is 9.37. The number of halogens is 1. The summed E-state index contributed by atoms with van der Waals surface area (Å²) in [4.78, 5) is 24.6. The van der Waals surface area contributed by atoms with E-state index in [9.17, 15) is 9.59 Å². The van der Waals surface area contributed by atoms with Crippen LogP contribution in [-0.4, -0.2) is 37.0 Å². The molecule has 0 saturated heterocycles. The molecule has 5 nitrogen and oxygen atoms in total. The van der Waals surface area contributed by atoms with Gasteiger partial charge in [-0.2, -0.15) is 0 Å². The van der Waals surface area contributed by atoms with Crippen molar-refractivity contribution in [1.29, 1.82) is 0 Å². The Labute approximate surface area is 119 Å². The summed E-state index contributed by atoms with van der Waals surface area (Å²) in [5.74, 6) is -0.518. The average Bonchev–Trinajstić information content (AvgIpc) is 2.38. The summed E-state index contributed by atoms with van der Waals surface area (Å²) in [6.07, 6.45) is 0.255. The van der Waals surface area contributed by atoms with E-state index in [0.29, 0.717) is 12.2 Å². The number of amides is 1. The highest BCUT2D eigenvalue weighted by atomic mass is 35.5. The maximum Gasteiger partial charge on any atom is 0.325 e. The molecule has 0 spiro atoms. The van der Waals surface area contributed by atoms with Crippen molar-refractivity contribution in [2.75, 3.05) is 25.9 Å². The van der Waals surface area contributed by atoms with Gasteiger partial charge in [-0.05, 0) is 24.6 Å². The van der Waals surface area contributed by atoms with Crippen LogP contribution < -0.4 is 5.73 Å². The number of methoxy groups -OCH3 is 1. The number of nitrogens with two attached hydrogens (primary N) is 1. The molecule has 106 valence electrons. The Morgan fingerprint density at radius 3 is 2.32 bits per heavy atom. The Bertz CT molecular complexity index is 420. The molecule has 2 N–H and O–H groups in total. The lowest BCUT2D eigenvalue weighted by Gasteiger charge is -2.19. The molecule has 1 aromatic rings. The molecule has 19 heavy (non-hydrogen) atoms. The Balaban J connectivity index is 0.00000324. The third-order valence-corrected chi connectivity index (χ3v) is 2.62. The number of rotatable bonds is 5. The number of hydrogen-bond acceptors (Lipinski definition) is 4. The van der Waals surface area contributed by atoms with Gasteiger partial charge < -0.3 is 15.4 Å². The van der Waals surface area contributed by atoms with Crippen molar-refractivity contribution < 1.29 is 14.3 Å². The number of nitrogens with zero attached hydrogens (tertiary/aromatic N) is 1. The van der Waals surface area contributed by atoms with Crippen molar-refractivity contribution in [2.24, 2.45) is 0 Å². The van der Waals surface area contributed by atoms with Crippen molar-refractivity contribution in [3.63, 3.8) is 0 Å². The minimum absolute atomic E-state index is 0. The number of likely N-dealkylation sites (N-methyl/N-ethyl adjacent to an activating group) is 1. The molecular weight excluding hydrogens is 268 g/mol. The van der Waals surface area contributed by atoms with E-state index in [2.05, 4.69) is 4.74 Å². The maximum absolute atomic E-state index is 12.0. The van der Waals surface area contributed by atoms with E-state index in [1.165, 1.54) is 12.0 Å². The second-order valence-electron chi connectivity index (χ2n) is 3.90. The topological polar surface area (TPSA) is 72.6 Å². The van der Waals surface area contributed by atoms with Gasteiger partial charge in [0.2, 0.25) is 5.91 Å². The summed E-state index contributed by atoms with van der Waals surface area (Å²) in [5.41, 5.74) is 7.10. The first-order valence-electron chi connectivity index (χ1n) is 5.75. The van der Waals surface area contributed by atoms with Gasteiger partial charge in [-0.3, -0.25) is 9.59 Å². The number of nitrogen functional groups attached to an aromatic ring is 1.